The number of halogens is 10. The van der Waals surface area contributed by atoms with Gasteiger partial charge in [0.15, 0.2) is 0 Å². The Hall–Kier alpha value is 3.77. The average Bonchev–Trinajstić information content (AvgIpc) is 1.65. The van der Waals surface area contributed by atoms with Crippen molar-refractivity contribution in [3.8, 4) is 0 Å². The highest BCUT2D eigenvalue weighted by atomic mass is 35.8. The predicted octanol–water partition coefficient (Wildman–Crippen LogP) is 6.75. The maximum absolute atomic E-state index is 6.17. The molecule has 0 amide bonds. The van der Waals surface area contributed by atoms with Gasteiger partial charge in [-0.3, -0.25) is 0 Å². The molecule has 0 rings (SSSR count). The quantitative estimate of drug-likeness (QED) is 0.275. The Bertz CT molecular complexity index is 227. The largest absolute Gasteiger partial charge is 0.341 e. The summed E-state index contributed by atoms with van der Waals surface area (Å²) in [4.78, 5) is 0. The molecule has 0 fully saturated rings. The molecule has 0 aromatic heterocycles. The van der Waals surface area contributed by atoms with Crippen LogP contribution in [-0.4, -0.2) is 25.4 Å². The minimum Gasteiger partial charge on any atom is -0.146 e. The SMILES string of the molecule is Cl[Si](Cl)(Cl)C[Si](Cl)(Cl)C[Si](Cl)(Cl)C[Si](Cl)(Cl)Cl. The zero-order valence-corrected chi connectivity index (χ0v) is 19.5. The van der Waals surface area contributed by atoms with E-state index in [-0.39, 0.29) is 17.0 Å². The molecule has 0 aliphatic carbocycles. The minimum atomic E-state index is -2.92. The topological polar surface area (TPSA) is 0 Å². The van der Waals surface area contributed by atoms with Gasteiger partial charge in [0.25, 0.3) is 13.4 Å². The fraction of sp³-hybridized carbons (Fsp3) is 1.00. The van der Waals surface area contributed by atoms with E-state index in [1.54, 1.807) is 0 Å². The van der Waals surface area contributed by atoms with Crippen molar-refractivity contribution in [2.45, 2.75) is 17.0 Å². The highest BCUT2D eigenvalue weighted by molar-refractivity contribution is 7.72. The third kappa shape index (κ3) is 13.2. The van der Waals surface area contributed by atoms with E-state index in [1.165, 1.54) is 0 Å². The van der Waals surface area contributed by atoms with Crippen molar-refractivity contribution >= 4 is 136 Å². The van der Waals surface area contributed by atoms with Crippen molar-refractivity contribution in [3.63, 3.8) is 0 Å². The second kappa shape index (κ2) is 7.35. The molecule has 0 atom stereocenters. The van der Waals surface area contributed by atoms with Crippen LogP contribution < -0.4 is 0 Å². The van der Waals surface area contributed by atoms with Crippen LogP contribution in [0, 0.1) is 0 Å². The molecule has 0 unspecified atom stereocenters. The van der Waals surface area contributed by atoms with Crippen LogP contribution >= 0.6 is 111 Å². The molecular weight excluding hydrogens is 503 g/mol. The first-order chi connectivity index (χ1) is 7.12. The maximum Gasteiger partial charge on any atom is 0.341 e. The minimum absolute atomic E-state index is 0.156. The Labute approximate surface area is 151 Å². The van der Waals surface area contributed by atoms with Gasteiger partial charge in [-0.05, 0) is 5.67 Å². The van der Waals surface area contributed by atoms with Gasteiger partial charge in [-0.15, -0.1) is 111 Å². The van der Waals surface area contributed by atoms with Gasteiger partial charge in [0, 0.05) is 11.3 Å². The van der Waals surface area contributed by atoms with Crippen molar-refractivity contribution in [3.05, 3.63) is 0 Å². The summed E-state index contributed by atoms with van der Waals surface area (Å²) in [6.45, 7) is -5.64. The molecular formula is C3H6Cl10Si4. The maximum atomic E-state index is 6.17. The van der Waals surface area contributed by atoms with Crippen LogP contribution in [0.15, 0.2) is 0 Å². The molecule has 0 N–H and O–H groups in total. The van der Waals surface area contributed by atoms with E-state index < -0.39 is 25.4 Å². The molecule has 0 aromatic rings. The Morgan fingerprint density at radius 1 is 0.412 bits per heavy atom. The van der Waals surface area contributed by atoms with Gasteiger partial charge >= 0.3 is 12.0 Å². The summed E-state index contributed by atoms with van der Waals surface area (Å²) >= 11 is 59.3. The molecule has 0 saturated heterocycles. The number of hydrogen-bond acceptors (Lipinski definition) is 0. The summed E-state index contributed by atoms with van der Waals surface area (Å²) in [5, 5.41) is 0. The molecule has 0 aromatic carbocycles. The lowest BCUT2D eigenvalue weighted by atomic mass is 11.8. The van der Waals surface area contributed by atoms with Gasteiger partial charge in [0.05, 0.1) is 0 Å². The van der Waals surface area contributed by atoms with E-state index in [9.17, 15) is 0 Å². The highest BCUT2D eigenvalue weighted by Crippen LogP contribution is 2.45. The van der Waals surface area contributed by atoms with Gasteiger partial charge in [-0.1, -0.05) is 0 Å². The standard InChI is InChI=1S/C3H6Cl10Si4/c4-14(5,2-16(8,9)10)1-15(6,7)3-17(11,12)13/h1-3H2. The van der Waals surface area contributed by atoms with E-state index in [4.69, 9.17) is 111 Å². The Morgan fingerprint density at radius 3 is 0.824 bits per heavy atom. The first-order valence-electron chi connectivity index (χ1n) is 4.01. The summed E-state index contributed by atoms with van der Waals surface area (Å²) in [6, 6.07) is -5.84. The lowest BCUT2D eigenvalue weighted by Crippen LogP contribution is -2.40. The molecule has 17 heavy (non-hydrogen) atoms. The predicted molar refractivity (Wildman–Crippen MR) is 96.0 cm³/mol. The molecule has 0 bridgehead atoms. The first-order valence-corrected chi connectivity index (χ1v) is 23.4. The fourth-order valence-corrected chi connectivity index (χ4v) is 49.7. The number of hydrogen-bond donors (Lipinski definition) is 0. The average molecular weight is 509 g/mol. The van der Waals surface area contributed by atoms with Gasteiger partial charge in [-0.25, -0.2) is 0 Å². The second-order valence-electron chi connectivity index (χ2n) is 3.47. The van der Waals surface area contributed by atoms with Crippen LogP contribution in [0.5, 0.6) is 0 Å². The Balaban J connectivity index is 4.59. The summed E-state index contributed by atoms with van der Waals surface area (Å²) in [6.07, 6.45) is 0. The summed E-state index contributed by atoms with van der Waals surface area (Å²) in [5.74, 6) is 0. The van der Waals surface area contributed by atoms with Crippen molar-refractivity contribution in [2.24, 2.45) is 0 Å². The highest BCUT2D eigenvalue weighted by Gasteiger charge is 2.50. The molecule has 0 radical (unpaired) electrons. The zero-order chi connectivity index (χ0) is 14.1. The molecule has 0 heterocycles. The van der Waals surface area contributed by atoms with E-state index in [0.717, 1.165) is 0 Å². The van der Waals surface area contributed by atoms with E-state index >= 15 is 0 Å². The summed E-state index contributed by atoms with van der Waals surface area (Å²) < 4.78 is 0. The zero-order valence-electron chi connectivity index (χ0n) is 7.90. The van der Waals surface area contributed by atoms with E-state index in [1.807, 2.05) is 0 Å². The van der Waals surface area contributed by atoms with Crippen LogP contribution in [0.4, 0.5) is 0 Å². The molecule has 0 saturated carbocycles. The monoisotopic (exact) mass is 504 g/mol. The van der Waals surface area contributed by atoms with Crippen molar-refractivity contribution in [2.75, 3.05) is 0 Å². The van der Waals surface area contributed by atoms with Gasteiger partial charge in [0.1, 0.15) is 0 Å². The van der Waals surface area contributed by atoms with E-state index in [2.05, 4.69) is 0 Å². The van der Waals surface area contributed by atoms with Gasteiger partial charge < -0.3 is 0 Å². The normalized spacial score (nSPS) is 15.2. The molecule has 0 spiro atoms. The molecule has 0 aliphatic rings. The Kier molecular flexibility index (Phi) is 8.98. The van der Waals surface area contributed by atoms with Gasteiger partial charge in [-0.2, -0.15) is 0 Å². The number of rotatable bonds is 6. The van der Waals surface area contributed by atoms with E-state index in [0.29, 0.717) is 0 Å². The van der Waals surface area contributed by atoms with Crippen LogP contribution in [0.3, 0.4) is 0 Å². The Morgan fingerprint density at radius 2 is 0.647 bits per heavy atom. The lowest BCUT2D eigenvalue weighted by molar-refractivity contribution is 1.72. The van der Waals surface area contributed by atoms with Crippen LogP contribution in [0.1, 0.15) is 0 Å². The van der Waals surface area contributed by atoms with Crippen molar-refractivity contribution in [1.29, 1.82) is 0 Å². The van der Waals surface area contributed by atoms with Crippen LogP contribution in [-0.2, 0) is 0 Å². The smallest absolute Gasteiger partial charge is 0.146 e. The van der Waals surface area contributed by atoms with Gasteiger partial charge in [0.2, 0.25) is 0 Å². The second-order valence-corrected chi connectivity index (χ2v) is 38.5. The molecule has 0 aliphatic heterocycles. The fourth-order valence-electron chi connectivity index (χ4n) is 1.09. The third-order valence-electron chi connectivity index (χ3n) is 1.44. The summed E-state index contributed by atoms with van der Waals surface area (Å²) in [5.41, 5.74) is 0.529. The van der Waals surface area contributed by atoms with Crippen molar-refractivity contribution < 1.29 is 0 Å². The summed E-state index contributed by atoms with van der Waals surface area (Å²) in [7, 11) is 0. The first kappa shape index (κ1) is 20.8. The molecule has 0 nitrogen and oxygen atoms in total. The molecule has 104 valence electrons. The molecule has 14 heteroatoms. The van der Waals surface area contributed by atoms with Crippen LogP contribution in [0.2, 0.25) is 17.0 Å². The van der Waals surface area contributed by atoms with Crippen molar-refractivity contribution in [1.82, 2.24) is 0 Å². The van der Waals surface area contributed by atoms with Crippen LogP contribution in [0.25, 0.3) is 0 Å². The third-order valence-corrected chi connectivity index (χ3v) is 29.8. The lowest BCUT2D eigenvalue weighted by Gasteiger charge is -2.27.